The molecule has 0 radical (unpaired) electrons. The lowest BCUT2D eigenvalue weighted by Gasteiger charge is -2.20. The highest BCUT2D eigenvalue weighted by molar-refractivity contribution is 5.55. The Hall–Kier alpha value is -1.26. The van der Waals surface area contributed by atoms with Gasteiger partial charge in [-0.25, -0.2) is 0 Å². The van der Waals surface area contributed by atoms with Gasteiger partial charge in [0.1, 0.15) is 6.29 Å². The van der Waals surface area contributed by atoms with E-state index in [1.807, 2.05) is 6.07 Å². The predicted octanol–water partition coefficient (Wildman–Crippen LogP) is 0.149. The maximum Gasteiger partial charge on any atom is 0.127 e. The van der Waals surface area contributed by atoms with Gasteiger partial charge < -0.3 is 15.2 Å². The van der Waals surface area contributed by atoms with Crippen LogP contribution in [0.4, 0.5) is 0 Å². The van der Waals surface area contributed by atoms with Crippen LogP contribution < -0.4 is 5.32 Å². The summed E-state index contributed by atoms with van der Waals surface area (Å²) in [7, 11) is 1.75. The van der Waals surface area contributed by atoms with E-state index in [1.54, 1.807) is 25.5 Å². The van der Waals surface area contributed by atoms with E-state index < -0.39 is 5.92 Å². The topological polar surface area (TPSA) is 62.2 Å². The Kier molecular flexibility index (Phi) is 4.22. The number of hydrogen-bond acceptors (Lipinski definition) is 4. The fourth-order valence-electron chi connectivity index (χ4n) is 1.41. The zero-order chi connectivity index (χ0) is 10.4. The minimum Gasteiger partial charge on any atom is -0.396 e. The molecule has 0 aliphatic carbocycles. The number of aldehydes is 1. The summed E-state index contributed by atoms with van der Waals surface area (Å²) in [6, 6.07) is 3.50. The van der Waals surface area contributed by atoms with E-state index in [2.05, 4.69) is 10.3 Å². The van der Waals surface area contributed by atoms with Crippen LogP contribution in [0.3, 0.4) is 0 Å². The molecule has 0 saturated heterocycles. The van der Waals surface area contributed by atoms with Crippen LogP contribution in [0.5, 0.6) is 0 Å². The Morgan fingerprint density at radius 3 is 2.93 bits per heavy atom. The number of carbonyl (C=O) groups is 1. The van der Waals surface area contributed by atoms with Gasteiger partial charge in [-0.05, 0) is 18.7 Å². The average Bonchev–Trinajstić information content (AvgIpc) is 2.27. The van der Waals surface area contributed by atoms with Crippen molar-refractivity contribution in [1.82, 2.24) is 10.3 Å². The van der Waals surface area contributed by atoms with Gasteiger partial charge >= 0.3 is 0 Å². The van der Waals surface area contributed by atoms with Crippen LogP contribution in [0.25, 0.3) is 0 Å². The highest BCUT2D eigenvalue weighted by atomic mass is 16.3. The molecule has 2 atom stereocenters. The van der Waals surface area contributed by atoms with Gasteiger partial charge in [-0.2, -0.15) is 0 Å². The monoisotopic (exact) mass is 194 g/mol. The number of hydrogen-bond donors (Lipinski definition) is 2. The highest BCUT2D eigenvalue weighted by Crippen LogP contribution is 2.18. The summed E-state index contributed by atoms with van der Waals surface area (Å²) in [4.78, 5) is 14.7. The SMILES string of the molecule is CNC(c1cccnc1)C(C=O)CO. The van der Waals surface area contributed by atoms with E-state index in [9.17, 15) is 4.79 Å². The number of nitrogens with one attached hydrogen (secondary N) is 1. The Labute approximate surface area is 83.0 Å². The van der Waals surface area contributed by atoms with Gasteiger partial charge in [0.05, 0.1) is 12.5 Å². The third kappa shape index (κ3) is 2.37. The molecule has 76 valence electrons. The van der Waals surface area contributed by atoms with E-state index in [-0.39, 0.29) is 12.6 Å². The summed E-state index contributed by atoms with van der Waals surface area (Å²) < 4.78 is 0. The Morgan fingerprint density at radius 1 is 1.71 bits per heavy atom. The van der Waals surface area contributed by atoms with Gasteiger partial charge in [-0.15, -0.1) is 0 Å². The molecule has 14 heavy (non-hydrogen) atoms. The number of nitrogens with zero attached hydrogens (tertiary/aromatic N) is 1. The fourth-order valence-corrected chi connectivity index (χ4v) is 1.41. The smallest absolute Gasteiger partial charge is 0.127 e. The number of rotatable bonds is 5. The second kappa shape index (κ2) is 5.47. The van der Waals surface area contributed by atoms with Gasteiger partial charge in [0.15, 0.2) is 0 Å². The van der Waals surface area contributed by atoms with Crippen LogP contribution in [0.1, 0.15) is 11.6 Å². The maximum atomic E-state index is 10.7. The normalized spacial score (nSPS) is 14.7. The molecule has 2 unspecified atom stereocenters. The summed E-state index contributed by atoms with van der Waals surface area (Å²) >= 11 is 0. The first-order valence-electron chi connectivity index (χ1n) is 4.46. The minimum atomic E-state index is -0.427. The molecule has 0 fully saturated rings. The zero-order valence-electron chi connectivity index (χ0n) is 8.05. The lowest BCUT2D eigenvalue weighted by molar-refractivity contribution is -0.113. The van der Waals surface area contributed by atoms with Gasteiger partial charge in [-0.1, -0.05) is 6.07 Å². The van der Waals surface area contributed by atoms with Crippen LogP contribution in [-0.2, 0) is 4.79 Å². The first kappa shape index (κ1) is 10.8. The lowest BCUT2D eigenvalue weighted by atomic mass is 9.96. The molecule has 0 aliphatic rings. The molecule has 0 bridgehead atoms. The van der Waals surface area contributed by atoms with Crippen LogP contribution >= 0.6 is 0 Å². The summed E-state index contributed by atoms with van der Waals surface area (Å²) in [5.41, 5.74) is 0.904. The van der Waals surface area contributed by atoms with Crippen molar-refractivity contribution in [3.63, 3.8) is 0 Å². The van der Waals surface area contributed by atoms with Gasteiger partial charge in [-0.3, -0.25) is 4.98 Å². The summed E-state index contributed by atoms with van der Waals surface area (Å²) in [5.74, 6) is -0.427. The molecular weight excluding hydrogens is 180 g/mol. The Balaban J connectivity index is 2.86. The maximum absolute atomic E-state index is 10.7. The lowest BCUT2D eigenvalue weighted by Crippen LogP contribution is -2.28. The molecule has 0 amide bonds. The van der Waals surface area contributed by atoms with Gasteiger partial charge in [0.25, 0.3) is 0 Å². The molecule has 1 aromatic rings. The van der Waals surface area contributed by atoms with E-state index >= 15 is 0 Å². The molecule has 1 heterocycles. The van der Waals surface area contributed by atoms with Crippen LogP contribution in [0.2, 0.25) is 0 Å². The van der Waals surface area contributed by atoms with Crippen molar-refractivity contribution in [2.24, 2.45) is 5.92 Å². The quantitative estimate of drug-likeness (QED) is 0.655. The molecule has 0 aliphatic heterocycles. The summed E-state index contributed by atoms with van der Waals surface area (Å²) in [6.07, 6.45) is 4.12. The van der Waals surface area contributed by atoms with Gasteiger partial charge in [0.2, 0.25) is 0 Å². The van der Waals surface area contributed by atoms with E-state index in [4.69, 9.17) is 5.11 Å². The van der Waals surface area contributed by atoms with Crippen LogP contribution in [0, 0.1) is 5.92 Å². The number of aliphatic hydroxyl groups excluding tert-OH is 1. The Bertz CT molecular complexity index is 277. The highest BCUT2D eigenvalue weighted by Gasteiger charge is 2.20. The zero-order valence-corrected chi connectivity index (χ0v) is 8.05. The second-order valence-electron chi connectivity index (χ2n) is 3.04. The molecule has 1 aromatic heterocycles. The van der Waals surface area contributed by atoms with Crippen LogP contribution in [-0.4, -0.2) is 30.0 Å². The van der Waals surface area contributed by atoms with E-state index in [0.717, 1.165) is 11.8 Å². The molecule has 4 nitrogen and oxygen atoms in total. The number of aromatic nitrogens is 1. The minimum absolute atomic E-state index is 0.163. The van der Waals surface area contributed by atoms with Crippen molar-refractivity contribution in [2.45, 2.75) is 6.04 Å². The summed E-state index contributed by atoms with van der Waals surface area (Å²) in [5, 5.41) is 12.0. The van der Waals surface area contributed by atoms with Gasteiger partial charge in [0, 0.05) is 18.4 Å². The van der Waals surface area contributed by atoms with E-state index in [0.29, 0.717) is 0 Å². The van der Waals surface area contributed by atoms with Crippen molar-refractivity contribution < 1.29 is 9.90 Å². The van der Waals surface area contributed by atoms with E-state index in [1.165, 1.54) is 0 Å². The molecule has 0 saturated carbocycles. The average molecular weight is 194 g/mol. The number of aliphatic hydroxyl groups is 1. The predicted molar refractivity (Wildman–Crippen MR) is 52.7 cm³/mol. The van der Waals surface area contributed by atoms with Crippen molar-refractivity contribution in [3.8, 4) is 0 Å². The molecule has 0 spiro atoms. The third-order valence-electron chi connectivity index (χ3n) is 2.17. The molecule has 4 heteroatoms. The molecular formula is C10H14N2O2. The fraction of sp³-hybridized carbons (Fsp3) is 0.400. The largest absolute Gasteiger partial charge is 0.396 e. The second-order valence-corrected chi connectivity index (χ2v) is 3.04. The standard InChI is InChI=1S/C10H14N2O2/c1-11-10(9(6-13)7-14)8-3-2-4-12-5-8/h2-6,9-11,14H,7H2,1H3. The van der Waals surface area contributed by atoms with Crippen molar-refractivity contribution in [1.29, 1.82) is 0 Å². The number of carbonyl (C=O) groups excluding carboxylic acids is 1. The third-order valence-corrected chi connectivity index (χ3v) is 2.17. The molecule has 1 rings (SSSR count). The first-order valence-corrected chi connectivity index (χ1v) is 4.46. The number of pyridine rings is 1. The van der Waals surface area contributed by atoms with Crippen molar-refractivity contribution >= 4 is 6.29 Å². The molecule has 2 N–H and O–H groups in total. The van der Waals surface area contributed by atoms with Crippen LogP contribution in [0.15, 0.2) is 24.5 Å². The van der Waals surface area contributed by atoms with Crippen molar-refractivity contribution in [3.05, 3.63) is 30.1 Å². The Morgan fingerprint density at radius 2 is 2.50 bits per heavy atom. The summed E-state index contributed by atoms with van der Waals surface area (Å²) in [6.45, 7) is -0.163. The first-order chi connectivity index (χ1) is 6.83. The molecule has 0 aromatic carbocycles. The van der Waals surface area contributed by atoms with Crippen molar-refractivity contribution in [2.75, 3.05) is 13.7 Å².